The van der Waals surface area contributed by atoms with Crippen molar-refractivity contribution in [3.63, 3.8) is 0 Å². The van der Waals surface area contributed by atoms with Crippen molar-refractivity contribution < 1.29 is 9.59 Å². The molecule has 18 heavy (non-hydrogen) atoms. The van der Waals surface area contributed by atoms with E-state index in [-0.39, 0.29) is 16.8 Å². The molecule has 0 fully saturated rings. The topological polar surface area (TPSA) is 113 Å². The third kappa shape index (κ3) is 2.80. The van der Waals surface area contributed by atoms with Crippen molar-refractivity contribution >= 4 is 35.1 Å². The molecule has 2 aromatic heterocycles. The molecule has 0 aliphatic carbocycles. The summed E-state index contributed by atoms with van der Waals surface area (Å²) in [6.07, 6.45) is 2.66. The number of aromatic amines is 1. The van der Waals surface area contributed by atoms with Crippen LogP contribution in [0, 0.1) is 0 Å². The molecule has 0 saturated heterocycles. The Labute approximate surface area is 106 Å². The maximum absolute atomic E-state index is 11.5. The number of aromatic nitrogens is 4. The molecule has 2 aromatic rings. The van der Waals surface area contributed by atoms with Crippen LogP contribution in [0.15, 0.2) is 24.7 Å². The molecule has 3 N–H and O–H groups in total. The van der Waals surface area contributed by atoms with Gasteiger partial charge in [0.25, 0.3) is 0 Å². The summed E-state index contributed by atoms with van der Waals surface area (Å²) < 4.78 is 0. The number of H-pyrrole nitrogens is 1. The van der Waals surface area contributed by atoms with E-state index in [0.717, 1.165) is 0 Å². The zero-order valence-corrected chi connectivity index (χ0v) is 9.60. The Balaban J connectivity index is 2.00. The third-order valence-electron chi connectivity index (χ3n) is 1.86. The lowest BCUT2D eigenvalue weighted by molar-refractivity contribution is -0.133. The number of anilines is 2. The lowest BCUT2D eigenvalue weighted by atomic mass is 10.4. The monoisotopic (exact) mass is 266 g/mol. The maximum atomic E-state index is 11.5. The van der Waals surface area contributed by atoms with Gasteiger partial charge in [0.15, 0.2) is 5.15 Å². The van der Waals surface area contributed by atoms with Crippen LogP contribution in [0.4, 0.5) is 11.6 Å². The molecule has 0 spiro atoms. The Hall–Kier alpha value is -2.48. The SMILES string of the molecule is O=C(Nc1ncn[nH]1)C(=O)Nc1cccnc1Cl. The highest BCUT2D eigenvalue weighted by Crippen LogP contribution is 2.17. The lowest BCUT2D eigenvalue weighted by Crippen LogP contribution is -2.29. The number of nitrogens with zero attached hydrogens (tertiary/aromatic N) is 3. The molecule has 0 aromatic carbocycles. The second-order valence-electron chi connectivity index (χ2n) is 3.08. The Morgan fingerprint density at radius 2 is 2.00 bits per heavy atom. The smallest absolute Gasteiger partial charge is 0.315 e. The second-order valence-corrected chi connectivity index (χ2v) is 3.44. The van der Waals surface area contributed by atoms with Crippen molar-refractivity contribution in [2.75, 3.05) is 10.6 Å². The number of carbonyl (C=O) groups is 2. The average Bonchev–Trinajstić information content (AvgIpc) is 2.84. The van der Waals surface area contributed by atoms with Gasteiger partial charge in [0.2, 0.25) is 5.95 Å². The van der Waals surface area contributed by atoms with Crippen molar-refractivity contribution in [2.45, 2.75) is 0 Å². The van der Waals surface area contributed by atoms with Gasteiger partial charge in [-0.15, -0.1) is 0 Å². The number of rotatable bonds is 2. The highest BCUT2D eigenvalue weighted by Gasteiger charge is 2.16. The normalized spacial score (nSPS) is 9.83. The van der Waals surface area contributed by atoms with Crippen LogP contribution in [-0.2, 0) is 9.59 Å². The molecule has 9 heteroatoms. The van der Waals surface area contributed by atoms with Gasteiger partial charge >= 0.3 is 11.8 Å². The third-order valence-corrected chi connectivity index (χ3v) is 2.16. The van der Waals surface area contributed by atoms with Crippen LogP contribution >= 0.6 is 11.6 Å². The minimum absolute atomic E-state index is 0.0763. The van der Waals surface area contributed by atoms with Crippen LogP contribution in [-0.4, -0.2) is 32.0 Å². The van der Waals surface area contributed by atoms with Crippen LogP contribution in [0.5, 0.6) is 0 Å². The molecular formula is C9H7ClN6O2. The van der Waals surface area contributed by atoms with Gasteiger partial charge in [0.1, 0.15) is 6.33 Å². The van der Waals surface area contributed by atoms with E-state index in [0.29, 0.717) is 0 Å². The van der Waals surface area contributed by atoms with E-state index in [2.05, 4.69) is 30.8 Å². The minimum Gasteiger partial charge on any atom is -0.315 e. The Kier molecular flexibility index (Phi) is 3.49. The number of hydrogen-bond acceptors (Lipinski definition) is 5. The Morgan fingerprint density at radius 1 is 1.22 bits per heavy atom. The van der Waals surface area contributed by atoms with Crippen molar-refractivity contribution in [1.29, 1.82) is 0 Å². The van der Waals surface area contributed by atoms with E-state index >= 15 is 0 Å². The fourth-order valence-corrected chi connectivity index (χ4v) is 1.25. The van der Waals surface area contributed by atoms with Crippen molar-refractivity contribution in [3.8, 4) is 0 Å². The van der Waals surface area contributed by atoms with Crippen LogP contribution < -0.4 is 10.6 Å². The first-order valence-electron chi connectivity index (χ1n) is 4.75. The molecule has 0 atom stereocenters. The van der Waals surface area contributed by atoms with E-state index in [4.69, 9.17) is 11.6 Å². The summed E-state index contributed by atoms with van der Waals surface area (Å²) in [6, 6.07) is 3.10. The first-order chi connectivity index (χ1) is 8.66. The maximum Gasteiger partial charge on any atom is 0.316 e. The summed E-state index contributed by atoms with van der Waals surface area (Å²) in [7, 11) is 0. The minimum atomic E-state index is -0.897. The number of pyridine rings is 1. The molecule has 0 saturated carbocycles. The van der Waals surface area contributed by atoms with E-state index in [1.165, 1.54) is 18.6 Å². The molecule has 92 valence electrons. The first kappa shape index (κ1) is 12.0. The first-order valence-corrected chi connectivity index (χ1v) is 5.13. The highest BCUT2D eigenvalue weighted by molar-refractivity contribution is 6.44. The second kappa shape index (κ2) is 5.23. The number of nitrogens with one attached hydrogen (secondary N) is 3. The summed E-state index contributed by atoms with van der Waals surface area (Å²) in [5.41, 5.74) is 0.247. The molecule has 0 radical (unpaired) electrons. The van der Waals surface area contributed by atoms with E-state index < -0.39 is 11.8 Å². The van der Waals surface area contributed by atoms with Gasteiger partial charge in [-0.1, -0.05) is 11.6 Å². The van der Waals surface area contributed by atoms with Crippen LogP contribution in [0.2, 0.25) is 5.15 Å². The summed E-state index contributed by atoms with van der Waals surface area (Å²) in [6.45, 7) is 0. The summed E-state index contributed by atoms with van der Waals surface area (Å²) in [5.74, 6) is -1.71. The molecular weight excluding hydrogens is 260 g/mol. The van der Waals surface area contributed by atoms with Gasteiger partial charge in [0.05, 0.1) is 5.69 Å². The molecule has 2 heterocycles. The zero-order chi connectivity index (χ0) is 13.0. The van der Waals surface area contributed by atoms with Gasteiger partial charge in [0, 0.05) is 6.20 Å². The molecule has 2 rings (SSSR count). The summed E-state index contributed by atoms with van der Waals surface area (Å²) >= 11 is 5.73. The van der Waals surface area contributed by atoms with E-state index in [9.17, 15) is 9.59 Å². The molecule has 2 amide bonds. The van der Waals surface area contributed by atoms with Gasteiger partial charge < -0.3 is 5.32 Å². The fraction of sp³-hybridized carbons (Fsp3) is 0. The van der Waals surface area contributed by atoms with Crippen LogP contribution in [0.25, 0.3) is 0 Å². The van der Waals surface area contributed by atoms with E-state index in [1.54, 1.807) is 6.07 Å². The van der Waals surface area contributed by atoms with Crippen molar-refractivity contribution in [3.05, 3.63) is 29.8 Å². The lowest BCUT2D eigenvalue weighted by Gasteiger charge is -2.05. The van der Waals surface area contributed by atoms with E-state index in [1.807, 2.05) is 0 Å². The van der Waals surface area contributed by atoms with Gasteiger partial charge in [-0.2, -0.15) is 10.1 Å². The largest absolute Gasteiger partial charge is 0.316 e. The predicted octanol–water partition coefficient (Wildman–Crippen LogP) is 0.430. The Morgan fingerprint density at radius 3 is 2.67 bits per heavy atom. The summed E-state index contributed by atoms with van der Waals surface area (Å²) in [5, 5.41) is 10.5. The zero-order valence-electron chi connectivity index (χ0n) is 8.85. The van der Waals surface area contributed by atoms with Gasteiger partial charge in [-0.25, -0.2) is 10.1 Å². The summed E-state index contributed by atoms with van der Waals surface area (Å²) in [4.78, 5) is 30.4. The molecule has 0 unspecified atom stereocenters. The fourth-order valence-electron chi connectivity index (χ4n) is 1.09. The van der Waals surface area contributed by atoms with Crippen molar-refractivity contribution in [1.82, 2.24) is 20.2 Å². The van der Waals surface area contributed by atoms with Crippen molar-refractivity contribution in [2.24, 2.45) is 0 Å². The van der Waals surface area contributed by atoms with Gasteiger partial charge in [-0.05, 0) is 12.1 Å². The standard InChI is InChI=1S/C9H7ClN6O2/c10-6-5(2-1-3-11-6)14-7(17)8(18)15-9-12-4-13-16-9/h1-4H,(H,14,17)(H2,12,13,15,16,18). The van der Waals surface area contributed by atoms with Gasteiger partial charge in [-0.3, -0.25) is 14.9 Å². The highest BCUT2D eigenvalue weighted by atomic mass is 35.5. The number of amides is 2. The average molecular weight is 267 g/mol. The molecule has 0 aliphatic rings. The molecule has 8 nitrogen and oxygen atoms in total. The van der Waals surface area contributed by atoms with Crippen LogP contribution in [0.1, 0.15) is 0 Å². The number of carbonyl (C=O) groups excluding carboxylic acids is 2. The predicted molar refractivity (Wildman–Crippen MR) is 62.9 cm³/mol. The Bertz CT molecular complexity index is 570. The van der Waals surface area contributed by atoms with Crippen LogP contribution in [0.3, 0.4) is 0 Å². The molecule has 0 bridgehead atoms. The number of halogens is 1. The number of hydrogen-bond donors (Lipinski definition) is 3. The quantitative estimate of drug-likeness (QED) is 0.539. The molecule has 0 aliphatic heterocycles.